The van der Waals surface area contributed by atoms with E-state index in [0.29, 0.717) is 6.04 Å². The van der Waals surface area contributed by atoms with E-state index in [1.54, 1.807) is 0 Å². The van der Waals surface area contributed by atoms with Crippen LogP contribution in [0.3, 0.4) is 0 Å². The molecule has 2 radical (unpaired) electrons. The van der Waals surface area contributed by atoms with E-state index in [-0.39, 0.29) is 0 Å². The van der Waals surface area contributed by atoms with E-state index < -0.39 is 0 Å². The SMILES string of the molecule is CCCCC[Si]c1ccccc1N(c1ccccc1C)C(C)C. The molecule has 2 aromatic carbocycles. The van der Waals surface area contributed by atoms with Crippen molar-refractivity contribution < 1.29 is 0 Å². The molecular formula is C21H29NSi. The zero-order valence-electron chi connectivity index (χ0n) is 15.0. The quantitative estimate of drug-likeness (QED) is 0.459. The third-order valence-electron chi connectivity index (χ3n) is 4.15. The molecule has 0 N–H and O–H groups in total. The van der Waals surface area contributed by atoms with Gasteiger partial charge in [0.2, 0.25) is 0 Å². The maximum atomic E-state index is 2.50. The molecule has 0 atom stereocenters. The number of unbranched alkanes of at least 4 members (excludes halogenated alkanes) is 2. The summed E-state index contributed by atoms with van der Waals surface area (Å²) in [5.41, 5.74) is 4.05. The molecule has 0 aliphatic rings. The van der Waals surface area contributed by atoms with Gasteiger partial charge in [-0.3, -0.25) is 0 Å². The minimum atomic E-state index is 0.442. The summed E-state index contributed by atoms with van der Waals surface area (Å²) >= 11 is 0. The van der Waals surface area contributed by atoms with E-state index in [1.165, 1.54) is 47.4 Å². The summed E-state index contributed by atoms with van der Waals surface area (Å²) in [7, 11) is 0.899. The zero-order valence-corrected chi connectivity index (χ0v) is 16.0. The van der Waals surface area contributed by atoms with Gasteiger partial charge in [-0.05, 0) is 43.7 Å². The first-order valence-electron chi connectivity index (χ1n) is 8.83. The van der Waals surface area contributed by atoms with Crippen LogP contribution in [0, 0.1) is 6.92 Å². The fourth-order valence-corrected chi connectivity index (χ4v) is 4.25. The summed E-state index contributed by atoms with van der Waals surface area (Å²) in [6.07, 6.45) is 3.99. The molecule has 0 aliphatic heterocycles. The summed E-state index contributed by atoms with van der Waals surface area (Å²) in [5.74, 6) is 0. The highest BCUT2D eigenvalue weighted by Gasteiger charge is 2.17. The largest absolute Gasteiger partial charge is 0.339 e. The van der Waals surface area contributed by atoms with Gasteiger partial charge in [0.25, 0.3) is 0 Å². The standard InChI is InChI=1S/C21H29NSi/c1-5-6-11-16-23-21-15-10-9-14-20(21)22(17(2)3)19-13-8-7-12-18(19)4/h7-10,12-15,17H,5-6,11,16H2,1-4H3. The number of rotatable bonds is 8. The molecule has 0 fully saturated rings. The predicted octanol–water partition coefficient (Wildman–Crippen LogP) is 5.48. The summed E-state index contributed by atoms with van der Waals surface area (Å²) in [5, 5.41) is 1.50. The lowest BCUT2D eigenvalue weighted by Gasteiger charge is -2.32. The van der Waals surface area contributed by atoms with Crippen LogP contribution >= 0.6 is 0 Å². The number of benzene rings is 2. The number of hydrogen-bond acceptors (Lipinski definition) is 1. The number of hydrogen-bond donors (Lipinski definition) is 0. The Morgan fingerprint density at radius 1 is 0.913 bits per heavy atom. The molecule has 1 nitrogen and oxygen atoms in total. The molecule has 0 spiro atoms. The fourth-order valence-electron chi connectivity index (χ4n) is 2.95. The number of nitrogens with zero attached hydrogens (tertiary/aromatic N) is 1. The highest BCUT2D eigenvalue weighted by atomic mass is 28.2. The summed E-state index contributed by atoms with van der Waals surface area (Å²) in [4.78, 5) is 2.50. The molecular weight excluding hydrogens is 294 g/mol. The Kier molecular flexibility index (Phi) is 6.91. The maximum Gasteiger partial charge on any atom is 0.0836 e. The van der Waals surface area contributed by atoms with E-state index >= 15 is 0 Å². The molecule has 0 unspecified atom stereocenters. The monoisotopic (exact) mass is 323 g/mol. The second-order valence-corrected chi connectivity index (χ2v) is 7.79. The Morgan fingerprint density at radius 3 is 2.22 bits per heavy atom. The minimum absolute atomic E-state index is 0.442. The first-order valence-corrected chi connectivity index (χ1v) is 10.0. The molecule has 2 aromatic rings. The number of para-hydroxylation sites is 2. The van der Waals surface area contributed by atoms with Gasteiger partial charge in [-0.15, -0.1) is 0 Å². The molecule has 2 heteroatoms. The highest BCUT2D eigenvalue weighted by molar-refractivity contribution is 6.55. The molecule has 0 aliphatic carbocycles. The van der Waals surface area contributed by atoms with Crippen molar-refractivity contribution in [2.75, 3.05) is 4.90 Å². The first-order chi connectivity index (χ1) is 11.1. The second kappa shape index (κ2) is 8.93. The van der Waals surface area contributed by atoms with Gasteiger partial charge in [0.15, 0.2) is 0 Å². The normalized spacial score (nSPS) is 11.0. The Balaban J connectivity index is 2.31. The third-order valence-corrected chi connectivity index (χ3v) is 5.56. The van der Waals surface area contributed by atoms with Crippen LogP contribution in [-0.4, -0.2) is 15.6 Å². The van der Waals surface area contributed by atoms with Crippen LogP contribution in [0.25, 0.3) is 0 Å². The van der Waals surface area contributed by atoms with Crippen LogP contribution in [0.1, 0.15) is 45.6 Å². The maximum absolute atomic E-state index is 2.50. The van der Waals surface area contributed by atoms with Gasteiger partial charge in [-0.2, -0.15) is 0 Å². The first kappa shape index (κ1) is 17.8. The van der Waals surface area contributed by atoms with Gasteiger partial charge in [-0.1, -0.05) is 68.6 Å². The van der Waals surface area contributed by atoms with Crippen LogP contribution in [0.4, 0.5) is 11.4 Å². The van der Waals surface area contributed by atoms with Gasteiger partial charge < -0.3 is 4.90 Å². The lowest BCUT2D eigenvalue weighted by atomic mass is 10.1. The van der Waals surface area contributed by atoms with Crippen molar-refractivity contribution in [1.82, 2.24) is 0 Å². The van der Waals surface area contributed by atoms with Crippen molar-refractivity contribution in [2.45, 2.75) is 59.0 Å². The molecule has 0 saturated heterocycles. The van der Waals surface area contributed by atoms with Gasteiger partial charge >= 0.3 is 0 Å². The van der Waals surface area contributed by atoms with Crippen molar-refractivity contribution in [1.29, 1.82) is 0 Å². The average Bonchev–Trinajstić information content (AvgIpc) is 2.54. The number of aryl methyl sites for hydroxylation is 1. The van der Waals surface area contributed by atoms with Gasteiger partial charge in [0, 0.05) is 17.4 Å². The highest BCUT2D eigenvalue weighted by Crippen LogP contribution is 2.29. The van der Waals surface area contributed by atoms with E-state index in [2.05, 4.69) is 81.1 Å². The van der Waals surface area contributed by atoms with Crippen LogP contribution in [-0.2, 0) is 0 Å². The van der Waals surface area contributed by atoms with Crippen LogP contribution in [0.2, 0.25) is 6.04 Å². The second-order valence-electron chi connectivity index (χ2n) is 6.40. The van der Waals surface area contributed by atoms with Crippen LogP contribution in [0.15, 0.2) is 48.5 Å². The molecule has 122 valence electrons. The van der Waals surface area contributed by atoms with E-state index in [4.69, 9.17) is 0 Å². The third kappa shape index (κ3) is 4.71. The molecule has 0 saturated carbocycles. The topological polar surface area (TPSA) is 3.24 Å². The van der Waals surface area contributed by atoms with E-state index in [9.17, 15) is 0 Å². The van der Waals surface area contributed by atoms with Crippen LogP contribution in [0.5, 0.6) is 0 Å². The number of anilines is 2. The Labute approximate surface area is 144 Å². The zero-order chi connectivity index (χ0) is 16.7. The van der Waals surface area contributed by atoms with Gasteiger partial charge in [0.05, 0.1) is 9.52 Å². The summed E-state index contributed by atoms with van der Waals surface area (Å²) in [6.45, 7) is 9.04. The molecule has 0 heterocycles. The molecule has 23 heavy (non-hydrogen) atoms. The molecule has 0 amide bonds. The van der Waals surface area contributed by atoms with E-state index in [1.807, 2.05) is 0 Å². The molecule has 0 aromatic heterocycles. The smallest absolute Gasteiger partial charge is 0.0836 e. The predicted molar refractivity (Wildman–Crippen MR) is 105 cm³/mol. The Morgan fingerprint density at radius 2 is 1.57 bits per heavy atom. The van der Waals surface area contributed by atoms with Gasteiger partial charge in [-0.25, -0.2) is 0 Å². The van der Waals surface area contributed by atoms with Gasteiger partial charge in [0.1, 0.15) is 0 Å². The van der Waals surface area contributed by atoms with Crippen molar-refractivity contribution in [3.05, 3.63) is 54.1 Å². The van der Waals surface area contributed by atoms with Crippen molar-refractivity contribution >= 4 is 26.1 Å². The van der Waals surface area contributed by atoms with E-state index in [0.717, 1.165) is 9.52 Å². The Bertz CT molecular complexity index is 606. The van der Waals surface area contributed by atoms with Crippen molar-refractivity contribution in [3.8, 4) is 0 Å². The summed E-state index contributed by atoms with van der Waals surface area (Å²) < 4.78 is 0. The molecule has 0 bridgehead atoms. The summed E-state index contributed by atoms with van der Waals surface area (Å²) in [6, 6.07) is 19.4. The van der Waals surface area contributed by atoms with Crippen molar-refractivity contribution in [3.63, 3.8) is 0 Å². The van der Waals surface area contributed by atoms with Crippen molar-refractivity contribution in [2.24, 2.45) is 0 Å². The lowest BCUT2D eigenvalue weighted by Crippen LogP contribution is -2.32. The Hall–Kier alpha value is -1.54. The lowest BCUT2D eigenvalue weighted by molar-refractivity contribution is 0.769. The fraction of sp³-hybridized carbons (Fsp3) is 0.429. The molecule has 2 rings (SSSR count). The van der Waals surface area contributed by atoms with Crippen LogP contribution < -0.4 is 10.1 Å². The minimum Gasteiger partial charge on any atom is -0.339 e. The average molecular weight is 324 g/mol.